The minimum absolute atomic E-state index is 0.114. The smallest absolute Gasteiger partial charge is 0.235 e. The van der Waals surface area contributed by atoms with Crippen molar-refractivity contribution in [2.75, 3.05) is 13.7 Å². The number of rotatable bonds is 4. The van der Waals surface area contributed by atoms with E-state index in [2.05, 4.69) is 10.9 Å². The third-order valence-electron chi connectivity index (χ3n) is 2.81. The summed E-state index contributed by atoms with van der Waals surface area (Å²) in [5, 5.41) is 0. The van der Waals surface area contributed by atoms with Gasteiger partial charge in [-0.3, -0.25) is 10.2 Å². The van der Waals surface area contributed by atoms with Crippen LogP contribution in [-0.2, 0) is 11.2 Å². The molecule has 2 rings (SSSR count). The average Bonchev–Trinajstić information content (AvgIpc) is 2.75. The summed E-state index contributed by atoms with van der Waals surface area (Å²) in [6.07, 6.45) is 1.18. The lowest BCUT2D eigenvalue weighted by Gasteiger charge is -2.12. The van der Waals surface area contributed by atoms with Gasteiger partial charge in [0.1, 0.15) is 5.75 Å². The van der Waals surface area contributed by atoms with E-state index in [0.717, 1.165) is 24.3 Å². The van der Waals surface area contributed by atoms with Crippen LogP contribution in [0.25, 0.3) is 0 Å². The van der Waals surface area contributed by atoms with Gasteiger partial charge in [0, 0.05) is 25.9 Å². The van der Waals surface area contributed by atoms with E-state index in [-0.39, 0.29) is 18.4 Å². The maximum absolute atomic E-state index is 11.4. The van der Waals surface area contributed by atoms with E-state index in [1.807, 2.05) is 18.2 Å². The number of hydrogen-bond acceptors (Lipinski definition) is 4. The van der Waals surface area contributed by atoms with Gasteiger partial charge in [-0.25, -0.2) is 5.43 Å². The summed E-state index contributed by atoms with van der Waals surface area (Å²) >= 11 is 0. The molecular formula is C12H17N3O2. The second-order valence-electron chi connectivity index (χ2n) is 4.07. The lowest BCUT2D eigenvalue weighted by Crippen LogP contribution is -2.36. The Morgan fingerprint density at radius 2 is 2.41 bits per heavy atom. The highest BCUT2D eigenvalue weighted by atomic mass is 16.5. The summed E-state index contributed by atoms with van der Waals surface area (Å²) in [6, 6.07) is 5.59. The van der Waals surface area contributed by atoms with Gasteiger partial charge in [0.05, 0.1) is 6.61 Å². The molecule has 5 nitrogen and oxygen atoms in total. The van der Waals surface area contributed by atoms with Crippen molar-refractivity contribution in [2.24, 2.45) is 5.73 Å². The van der Waals surface area contributed by atoms with Crippen LogP contribution in [-0.4, -0.2) is 19.6 Å². The average molecular weight is 235 g/mol. The van der Waals surface area contributed by atoms with Gasteiger partial charge in [0.2, 0.25) is 5.91 Å². The van der Waals surface area contributed by atoms with Crippen LogP contribution in [0.2, 0.25) is 0 Å². The van der Waals surface area contributed by atoms with E-state index in [1.165, 1.54) is 5.56 Å². The van der Waals surface area contributed by atoms with Gasteiger partial charge in [0.25, 0.3) is 0 Å². The standard InChI is InChI=1S/C12H17N3O2/c1-14-15-12(16)7-10(13)8-2-3-11-9(6-8)4-5-17-11/h2-3,6,10,14H,4-5,7,13H2,1H3,(H,15,16). The fraction of sp³-hybridized carbons (Fsp3) is 0.417. The molecule has 17 heavy (non-hydrogen) atoms. The molecule has 1 atom stereocenters. The second kappa shape index (κ2) is 5.16. The van der Waals surface area contributed by atoms with Crippen molar-refractivity contribution in [3.05, 3.63) is 29.3 Å². The first-order valence-corrected chi connectivity index (χ1v) is 5.67. The number of fused-ring (bicyclic) bond motifs is 1. The molecule has 0 aliphatic carbocycles. The van der Waals surface area contributed by atoms with Gasteiger partial charge >= 0.3 is 0 Å². The van der Waals surface area contributed by atoms with Crippen LogP contribution in [0.5, 0.6) is 5.75 Å². The van der Waals surface area contributed by atoms with Crippen molar-refractivity contribution in [1.82, 2.24) is 10.9 Å². The highest BCUT2D eigenvalue weighted by Gasteiger charge is 2.16. The largest absolute Gasteiger partial charge is 0.493 e. The Labute approximate surface area is 100 Å². The number of amides is 1. The summed E-state index contributed by atoms with van der Waals surface area (Å²) in [5.41, 5.74) is 13.2. The number of benzene rings is 1. The Kier molecular flexibility index (Phi) is 3.61. The lowest BCUT2D eigenvalue weighted by molar-refractivity contribution is -0.122. The molecular weight excluding hydrogens is 218 g/mol. The zero-order chi connectivity index (χ0) is 12.3. The minimum atomic E-state index is -0.283. The molecule has 1 heterocycles. The summed E-state index contributed by atoms with van der Waals surface area (Å²) in [5.74, 6) is 0.817. The van der Waals surface area contributed by atoms with E-state index in [4.69, 9.17) is 10.5 Å². The second-order valence-corrected chi connectivity index (χ2v) is 4.07. The first-order valence-electron chi connectivity index (χ1n) is 5.67. The zero-order valence-electron chi connectivity index (χ0n) is 9.82. The van der Waals surface area contributed by atoms with Gasteiger partial charge in [-0.1, -0.05) is 12.1 Å². The quantitative estimate of drug-likeness (QED) is 0.654. The fourth-order valence-corrected chi connectivity index (χ4v) is 1.95. The molecule has 0 spiro atoms. The first-order chi connectivity index (χ1) is 8.20. The van der Waals surface area contributed by atoms with Crippen molar-refractivity contribution >= 4 is 5.91 Å². The number of nitrogens with two attached hydrogens (primary N) is 1. The number of hydrogen-bond donors (Lipinski definition) is 3. The zero-order valence-corrected chi connectivity index (χ0v) is 9.82. The van der Waals surface area contributed by atoms with Gasteiger partial charge in [-0.2, -0.15) is 0 Å². The van der Waals surface area contributed by atoms with Crippen molar-refractivity contribution in [3.8, 4) is 5.75 Å². The highest BCUT2D eigenvalue weighted by molar-refractivity contribution is 5.76. The number of nitrogens with one attached hydrogen (secondary N) is 2. The van der Waals surface area contributed by atoms with E-state index < -0.39 is 0 Å². The molecule has 1 aromatic rings. The van der Waals surface area contributed by atoms with Crippen molar-refractivity contribution < 1.29 is 9.53 Å². The van der Waals surface area contributed by atoms with Crippen molar-refractivity contribution in [2.45, 2.75) is 18.9 Å². The Balaban J connectivity index is 2.04. The third-order valence-corrected chi connectivity index (χ3v) is 2.81. The number of ether oxygens (including phenoxy) is 1. The molecule has 0 saturated carbocycles. The maximum atomic E-state index is 11.4. The number of hydrazine groups is 1. The van der Waals surface area contributed by atoms with Crippen LogP contribution in [0.1, 0.15) is 23.6 Å². The molecule has 0 fully saturated rings. The molecule has 5 heteroatoms. The predicted octanol–water partition coefficient (Wildman–Crippen LogP) is 0.262. The molecule has 0 bridgehead atoms. The van der Waals surface area contributed by atoms with Crippen LogP contribution >= 0.6 is 0 Å². The molecule has 1 aliphatic rings. The van der Waals surface area contributed by atoms with E-state index in [1.54, 1.807) is 7.05 Å². The van der Waals surface area contributed by atoms with Gasteiger partial charge in [-0.15, -0.1) is 0 Å². The first kappa shape index (κ1) is 11.9. The SMILES string of the molecule is CNNC(=O)CC(N)c1ccc2c(c1)CCO2. The molecule has 1 unspecified atom stereocenters. The van der Waals surface area contributed by atoms with Crippen LogP contribution < -0.4 is 21.3 Å². The predicted molar refractivity (Wildman–Crippen MR) is 64.4 cm³/mol. The normalized spacial score (nSPS) is 14.9. The van der Waals surface area contributed by atoms with E-state index >= 15 is 0 Å². The number of carbonyl (C=O) groups excluding carboxylic acids is 1. The summed E-state index contributed by atoms with van der Waals surface area (Å²) in [4.78, 5) is 11.4. The topological polar surface area (TPSA) is 76.4 Å². The van der Waals surface area contributed by atoms with E-state index in [0.29, 0.717) is 0 Å². The fourth-order valence-electron chi connectivity index (χ4n) is 1.95. The van der Waals surface area contributed by atoms with Gasteiger partial charge in [0.15, 0.2) is 0 Å². The van der Waals surface area contributed by atoms with Crippen LogP contribution in [0, 0.1) is 0 Å². The Morgan fingerprint density at radius 3 is 3.18 bits per heavy atom. The van der Waals surface area contributed by atoms with Crippen LogP contribution in [0.4, 0.5) is 0 Å². The molecule has 0 saturated heterocycles. The third kappa shape index (κ3) is 2.75. The Bertz CT molecular complexity index is 420. The highest BCUT2D eigenvalue weighted by Crippen LogP contribution is 2.28. The van der Waals surface area contributed by atoms with Crippen molar-refractivity contribution in [3.63, 3.8) is 0 Å². The van der Waals surface area contributed by atoms with Crippen LogP contribution in [0.3, 0.4) is 0 Å². The van der Waals surface area contributed by atoms with Crippen molar-refractivity contribution in [1.29, 1.82) is 0 Å². The van der Waals surface area contributed by atoms with Crippen LogP contribution in [0.15, 0.2) is 18.2 Å². The minimum Gasteiger partial charge on any atom is -0.493 e. The molecule has 1 aliphatic heterocycles. The summed E-state index contributed by atoms with van der Waals surface area (Å²) in [6.45, 7) is 0.730. The molecule has 1 amide bonds. The maximum Gasteiger partial charge on any atom is 0.235 e. The summed E-state index contributed by atoms with van der Waals surface area (Å²) < 4.78 is 5.42. The molecule has 0 radical (unpaired) electrons. The summed E-state index contributed by atoms with van der Waals surface area (Å²) in [7, 11) is 1.65. The number of carbonyl (C=O) groups is 1. The van der Waals surface area contributed by atoms with E-state index in [9.17, 15) is 4.79 Å². The monoisotopic (exact) mass is 235 g/mol. The Hall–Kier alpha value is -1.59. The molecule has 0 aromatic heterocycles. The van der Waals surface area contributed by atoms with Gasteiger partial charge in [-0.05, 0) is 17.2 Å². The molecule has 1 aromatic carbocycles. The molecule has 4 N–H and O–H groups in total. The molecule has 92 valence electrons. The Morgan fingerprint density at radius 1 is 1.59 bits per heavy atom. The van der Waals surface area contributed by atoms with Gasteiger partial charge < -0.3 is 10.5 Å². The lowest BCUT2D eigenvalue weighted by atomic mass is 10.0.